The van der Waals surface area contributed by atoms with Crippen molar-refractivity contribution >= 4 is 49.9 Å². The molecule has 0 fully saturated rings. The maximum atomic E-state index is 12.1. The zero-order chi connectivity index (χ0) is 15.5. The summed E-state index contributed by atoms with van der Waals surface area (Å²) < 4.78 is 0.918. The Hall–Kier alpha value is -1.76. The van der Waals surface area contributed by atoms with Crippen molar-refractivity contribution in [1.82, 2.24) is 10.2 Å². The fourth-order valence-corrected chi connectivity index (χ4v) is 3.11. The largest absolute Gasteiger partial charge is 0.296 e. The first-order valence-corrected chi connectivity index (χ1v) is 8.27. The van der Waals surface area contributed by atoms with E-state index in [1.807, 2.05) is 30.3 Å². The van der Waals surface area contributed by atoms with Gasteiger partial charge in [-0.3, -0.25) is 10.1 Å². The number of carbonyl (C=O) groups is 1. The van der Waals surface area contributed by atoms with Gasteiger partial charge in [-0.15, -0.1) is 10.2 Å². The van der Waals surface area contributed by atoms with Gasteiger partial charge in [-0.2, -0.15) is 0 Å². The van der Waals surface area contributed by atoms with Crippen molar-refractivity contribution in [3.63, 3.8) is 0 Å². The standard InChI is InChI=1S/C15H9BrClN3OS/c16-10-7-5-9(6-8-10)13(21)18-15-20-19-14(22-15)11-3-1-2-4-12(11)17/h1-8H,(H,18,20,21). The van der Waals surface area contributed by atoms with Crippen LogP contribution in [0.25, 0.3) is 10.6 Å². The van der Waals surface area contributed by atoms with Crippen LogP contribution in [0.5, 0.6) is 0 Å². The van der Waals surface area contributed by atoms with Crippen LogP contribution < -0.4 is 5.32 Å². The van der Waals surface area contributed by atoms with Crippen molar-refractivity contribution in [1.29, 1.82) is 0 Å². The summed E-state index contributed by atoms with van der Waals surface area (Å²) in [4.78, 5) is 12.1. The van der Waals surface area contributed by atoms with Crippen LogP contribution in [-0.2, 0) is 0 Å². The average molecular weight is 395 g/mol. The maximum Gasteiger partial charge on any atom is 0.257 e. The summed E-state index contributed by atoms with van der Waals surface area (Å²) in [5, 5.41) is 12.5. The molecule has 0 atom stereocenters. The molecule has 0 aliphatic carbocycles. The third kappa shape index (κ3) is 3.35. The number of carbonyl (C=O) groups excluding carboxylic acids is 1. The molecule has 1 amide bonds. The molecule has 2 aromatic carbocycles. The molecule has 4 nitrogen and oxygen atoms in total. The molecule has 0 saturated carbocycles. The lowest BCUT2D eigenvalue weighted by Crippen LogP contribution is -2.11. The minimum Gasteiger partial charge on any atom is -0.296 e. The highest BCUT2D eigenvalue weighted by Gasteiger charge is 2.12. The zero-order valence-corrected chi connectivity index (χ0v) is 14.2. The highest BCUT2D eigenvalue weighted by Crippen LogP contribution is 2.31. The molecule has 0 unspecified atom stereocenters. The van der Waals surface area contributed by atoms with Gasteiger partial charge < -0.3 is 0 Å². The number of hydrogen-bond donors (Lipinski definition) is 1. The van der Waals surface area contributed by atoms with E-state index in [0.29, 0.717) is 20.7 Å². The summed E-state index contributed by atoms with van der Waals surface area (Å²) in [6, 6.07) is 14.5. The molecule has 0 spiro atoms. The van der Waals surface area contributed by atoms with Crippen LogP contribution in [0, 0.1) is 0 Å². The lowest BCUT2D eigenvalue weighted by Gasteiger charge is -2.01. The normalized spacial score (nSPS) is 10.5. The fraction of sp³-hybridized carbons (Fsp3) is 0. The van der Waals surface area contributed by atoms with Crippen molar-refractivity contribution in [2.24, 2.45) is 0 Å². The van der Waals surface area contributed by atoms with E-state index in [1.54, 1.807) is 18.2 Å². The van der Waals surface area contributed by atoms with Gasteiger partial charge in [-0.1, -0.05) is 57.1 Å². The Morgan fingerprint density at radius 3 is 2.55 bits per heavy atom. The lowest BCUT2D eigenvalue weighted by atomic mass is 10.2. The van der Waals surface area contributed by atoms with E-state index in [9.17, 15) is 4.79 Å². The van der Waals surface area contributed by atoms with Gasteiger partial charge in [0.25, 0.3) is 5.91 Å². The molecule has 0 saturated heterocycles. The van der Waals surface area contributed by atoms with Crippen molar-refractivity contribution in [2.75, 3.05) is 5.32 Å². The van der Waals surface area contributed by atoms with Gasteiger partial charge in [-0.05, 0) is 30.3 Å². The Labute approximate surface area is 144 Å². The first-order chi connectivity index (χ1) is 10.6. The topological polar surface area (TPSA) is 54.9 Å². The number of aromatic nitrogens is 2. The van der Waals surface area contributed by atoms with Gasteiger partial charge in [0.1, 0.15) is 0 Å². The Kier molecular flexibility index (Phi) is 4.52. The molecule has 0 aliphatic heterocycles. The number of benzene rings is 2. The van der Waals surface area contributed by atoms with Gasteiger partial charge in [-0.25, -0.2) is 0 Å². The smallest absolute Gasteiger partial charge is 0.257 e. The molecular weight excluding hydrogens is 386 g/mol. The molecule has 1 heterocycles. The monoisotopic (exact) mass is 393 g/mol. The predicted octanol–water partition coefficient (Wildman–Crippen LogP) is 4.87. The molecule has 22 heavy (non-hydrogen) atoms. The van der Waals surface area contributed by atoms with Crippen LogP contribution in [-0.4, -0.2) is 16.1 Å². The molecule has 0 bridgehead atoms. The number of hydrogen-bond acceptors (Lipinski definition) is 4. The molecule has 0 aliphatic rings. The second kappa shape index (κ2) is 6.56. The second-order valence-corrected chi connectivity index (χ2v) is 6.65. The average Bonchev–Trinajstić information content (AvgIpc) is 2.96. The Morgan fingerprint density at radius 2 is 1.82 bits per heavy atom. The van der Waals surface area contributed by atoms with Crippen LogP contribution in [0.1, 0.15) is 10.4 Å². The number of amides is 1. The van der Waals surface area contributed by atoms with E-state index < -0.39 is 0 Å². The number of nitrogens with zero attached hydrogens (tertiary/aromatic N) is 2. The van der Waals surface area contributed by atoms with Crippen molar-refractivity contribution in [2.45, 2.75) is 0 Å². The van der Waals surface area contributed by atoms with Gasteiger partial charge in [0.05, 0.1) is 5.02 Å². The molecule has 3 rings (SSSR count). The molecular formula is C15H9BrClN3OS. The summed E-state index contributed by atoms with van der Waals surface area (Å²) in [6.45, 7) is 0. The second-order valence-electron chi connectivity index (χ2n) is 4.35. The highest BCUT2D eigenvalue weighted by molar-refractivity contribution is 9.10. The molecule has 3 aromatic rings. The molecule has 1 aromatic heterocycles. The van der Waals surface area contributed by atoms with E-state index in [0.717, 1.165) is 10.0 Å². The van der Waals surface area contributed by atoms with Crippen LogP contribution in [0.4, 0.5) is 5.13 Å². The lowest BCUT2D eigenvalue weighted by molar-refractivity contribution is 0.102. The SMILES string of the molecule is O=C(Nc1nnc(-c2ccccc2Cl)s1)c1ccc(Br)cc1. The summed E-state index contributed by atoms with van der Waals surface area (Å²) in [5.41, 5.74) is 1.35. The third-order valence-corrected chi connectivity index (χ3v) is 4.59. The first-order valence-electron chi connectivity index (χ1n) is 6.29. The zero-order valence-electron chi connectivity index (χ0n) is 11.1. The minimum absolute atomic E-state index is 0.227. The minimum atomic E-state index is -0.227. The van der Waals surface area contributed by atoms with Crippen LogP contribution in [0.15, 0.2) is 53.0 Å². The van der Waals surface area contributed by atoms with Crippen LogP contribution in [0.3, 0.4) is 0 Å². The van der Waals surface area contributed by atoms with Crippen molar-refractivity contribution in [3.8, 4) is 10.6 Å². The number of halogens is 2. The number of rotatable bonds is 3. The molecule has 110 valence electrons. The van der Waals surface area contributed by atoms with Gasteiger partial charge in [0.2, 0.25) is 5.13 Å². The van der Waals surface area contributed by atoms with E-state index >= 15 is 0 Å². The number of anilines is 1. The van der Waals surface area contributed by atoms with Gasteiger partial charge >= 0.3 is 0 Å². The van der Waals surface area contributed by atoms with E-state index in [2.05, 4.69) is 31.4 Å². The Balaban J connectivity index is 1.78. The highest BCUT2D eigenvalue weighted by atomic mass is 79.9. The summed E-state index contributed by atoms with van der Waals surface area (Å²) >= 11 is 10.7. The number of nitrogens with one attached hydrogen (secondary N) is 1. The summed E-state index contributed by atoms with van der Waals surface area (Å²) in [7, 11) is 0. The van der Waals surface area contributed by atoms with E-state index in [-0.39, 0.29) is 5.91 Å². The van der Waals surface area contributed by atoms with E-state index in [4.69, 9.17) is 11.6 Å². The third-order valence-electron chi connectivity index (χ3n) is 2.86. The molecule has 1 N–H and O–H groups in total. The van der Waals surface area contributed by atoms with E-state index in [1.165, 1.54) is 11.3 Å². The Morgan fingerprint density at radius 1 is 1.09 bits per heavy atom. The predicted molar refractivity (Wildman–Crippen MR) is 92.5 cm³/mol. The van der Waals surface area contributed by atoms with Crippen molar-refractivity contribution in [3.05, 3.63) is 63.6 Å². The molecule has 0 radical (unpaired) electrons. The van der Waals surface area contributed by atoms with Gasteiger partial charge in [0, 0.05) is 15.6 Å². The maximum absolute atomic E-state index is 12.1. The van der Waals surface area contributed by atoms with Gasteiger partial charge in [0.15, 0.2) is 5.01 Å². The summed E-state index contributed by atoms with van der Waals surface area (Å²) in [5.74, 6) is -0.227. The quantitative estimate of drug-likeness (QED) is 0.689. The summed E-state index contributed by atoms with van der Waals surface area (Å²) in [6.07, 6.45) is 0. The Bertz CT molecular complexity index is 820. The first kappa shape index (κ1) is 15.1. The van der Waals surface area contributed by atoms with Crippen LogP contribution in [0.2, 0.25) is 5.02 Å². The van der Waals surface area contributed by atoms with Crippen LogP contribution >= 0.6 is 38.9 Å². The molecule has 7 heteroatoms. The van der Waals surface area contributed by atoms with Crippen molar-refractivity contribution < 1.29 is 4.79 Å². The fourth-order valence-electron chi connectivity index (χ4n) is 1.79.